The number of aliphatic hydroxyl groups excluding tert-OH is 1. The smallest absolute Gasteiger partial charge is 0.0779 e. The average molecular weight is 267 g/mol. The summed E-state index contributed by atoms with van der Waals surface area (Å²) in [7, 11) is -0.996. The number of aliphatic hydroxyl groups is 1. The molecule has 0 spiro atoms. The first-order chi connectivity index (χ1) is 8.65. The maximum absolute atomic E-state index is 12.0. The number of hydrogen-bond acceptors (Lipinski definition) is 3. The monoisotopic (exact) mass is 267 g/mol. The Bertz CT molecular complexity index is 418. The molecule has 2 N–H and O–H groups in total. The van der Waals surface area contributed by atoms with Crippen molar-refractivity contribution in [3.8, 4) is 0 Å². The molecule has 3 nitrogen and oxygen atoms in total. The summed E-state index contributed by atoms with van der Waals surface area (Å²) in [5, 5.41) is 13.0. The van der Waals surface area contributed by atoms with E-state index in [0.717, 1.165) is 11.1 Å². The van der Waals surface area contributed by atoms with E-state index >= 15 is 0 Å². The standard InChI is InChI=1S/C14H21NO2S/c1-11-4-2-3-5-12(11)9-18(17)10-14(16)8-15-13-6-7-13/h2-5,13-16H,6-10H2,1H3. The summed E-state index contributed by atoms with van der Waals surface area (Å²) in [6.45, 7) is 2.59. The lowest BCUT2D eigenvalue weighted by Crippen LogP contribution is -2.32. The van der Waals surface area contributed by atoms with E-state index in [1.807, 2.05) is 31.2 Å². The number of nitrogens with one attached hydrogen (secondary N) is 1. The molecule has 1 aliphatic carbocycles. The Morgan fingerprint density at radius 2 is 2.17 bits per heavy atom. The molecule has 100 valence electrons. The van der Waals surface area contributed by atoms with Crippen molar-refractivity contribution in [3.63, 3.8) is 0 Å². The molecule has 2 rings (SSSR count). The Labute approximate surface area is 111 Å². The predicted octanol–water partition coefficient (Wildman–Crippen LogP) is 1.36. The second kappa shape index (κ2) is 6.45. The van der Waals surface area contributed by atoms with Gasteiger partial charge in [0.1, 0.15) is 0 Å². The zero-order valence-corrected chi connectivity index (χ0v) is 11.6. The van der Waals surface area contributed by atoms with Gasteiger partial charge in [0, 0.05) is 29.1 Å². The fourth-order valence-electron chi connectivity index (χ4n) is 1.87. The molecule has 2 atom stereocenters. The minimum Gasteiger partial charge on any atom is -0.391 e. The van der Waals surface area contributed by atoms with Gasteiger partial charge in [-0.25, -0.2) is 0 Å². The largest absolute Gasteiger partial charge is 0.391 e. The van der Waals surface area contributed by atoms with Gasteiger partial charge in [0.05, 0.1) is 11.9 Å². The van der Waals surface area contributed by atoms with Crippen molar-refractivity contribution in [2.45, 2.75) is 37.7 Å². The Morgan fingerprint density at radius 1 is 1.44 bits per heavy atom. The zero-order valence-electron chi connectivity index (χ0n) is 10.8. The lowest BCUT2D eigenvalue weighted by molar-refractivity contribution is 0.194. The van der Waals surface area contributed by atoms with E-state index in [-0.39, 0.29) is 0 Å². The zero-order chi connectivity index (χ0) is 13.0. The highest BCUT2D eigenvalue weighted by Gasteiger charge is 2.21. The van der Waals surface area contributed by atoms with Crippen LogP contribution in [-0.4, -0.2) is 33.8 Å². The molecule has 4 heteroatoms. The van der Waals surface area contributed by atoms with Crippen molar-refractivity contribution in [1.82, 2.24) is 5.32 Å². The highest BCUT2D eigenvalue weighted by Crippen LogP contribution is 2.18. The fourth-order valence-corrected chi connectivity index (χ4v) is 3.20. The number of benzene rings is 1. The van der Waals surface area contributed by atoms with Crippen LogP contribution in [0.2, 0.25) is 0 Å². The minimum atomic E-state index is -0.996. The van der Waals surface area contributed by atoms with E-state index in [4.69, 9.17) is 0 Å². The molecule has 0 bridgehead atoms. The van der Waals surface area contributed by atoms with Crippen LogP contribution in [0.15, 0.2) is 24.3 Å². The van der Waals surface area contributed by atoms with E-state index in [1.54, 1.807) is 0 Å². The average Bonchev–Trinajstić information content (AvgIpc) is 3.13. The first kappa shape index (κ1) is 13.7. The van der Waals surface area contributed by atoms with Gasteiger partial charge < -0.3 is 10.4 Å². The van der Waals surface area contributed by atoms with Gasteiger partial charge >= 0.3 is 0 Å². The summed E-state index contributed by atoms with van der Waals surface area (Å²) in [4.78, 5) is 0. The number of aryl methyl sites for hydroxylation is 1. The molecule has 2 unspecified atom stereocenters. The SMILES string of the molecule is Cc1ccccc1CS(=O)CC(O)CNC1CC1. The molecule has 0 heterocycles. The van der Waals surface area contributed by atoms with Crippen LogP contribution < -0.4 is 5.32 Å². The Hall–Kier alpha value is -0.710. The van der Waals surface area contributed by atoms with E-state index in [2.05, 4.69) is 5.32 Å². The van der Waals surface area contributed by atoms with Crippen LogP contribution in [-0.2, 0) is 16.6 Å². The van der Waals surface area contributed by atoms with Gasteiger partial charge in [0.25, 0.3) is 0 Å². The highest BCUT2D eigenvalue weighted by molar-refractivity contribution is 7.84. The first-order valence-electron chi connectivity index (χ1n) is 6.46. The van der Waals surface area contributed by atoms with E-state index < -0.39 is 16.9 Å². The van der Waals surface area contributed by atoms with Crippen LogP contribution in [0.1, 0.15) is 24.0 Å². The molecule has 0 aromatic heterocycles. The minimum absolute atomic E-state index is 0.355. The Kier molecular flexibility index (Phi) is 4.92. The maximum atomic E-state index is 12.0. The Morgan fingerprint density at radius 3 is 2.83 bits per heavy atom. The molecule has 1 aromatic rings. The number of rotatable bonds is 7. The highest BCUT2D eigenvalue weighted by atomic mass is 32.2. The quantitative estimate of drug-likeness (QED) is 0.784. The Balaban J connectivity index is 1.75. The summed E-state index contributed by atoms with van der Waals surface area (Å²) >= 11 is 0. The molecule has 18 heavy (non-hydrogen) atoms. The second-order valence-electron chi connectivity index (χ2n) is 5.01. The maximum Gasteiger partial charge on any atom is 0.0779 e. The van der Waals surface area contributed by atoms with Crippen molar-refractivity contribution in [2.75, 3.05) is 12.3 Å². The lowest BCUT2D eigenvalue weighted by Gasteiger charge is -2.12. The molecule has 0 radical (unpaired) electrons. The molecular formula is C14H21NO2S. The summed E-state index contributed by atoms with van der Waals surface area (Å²) in [6.07, 6.45) is 1.91. The van der Waals surface area contributed by atoms with Crippen molar-refractivity contribution in [2.24, 2.45) is 0 Å². The topological polar surface area (TPSA) is 49.3 Å². The van der Waals surface area contributed by atoms with Crippen molar-refractivity contribution < 1.29 is 9.32 Å². The molecule has 0 saturated heterocycles. The third-order valence-electron chi connectivity index (χ3n) is 3.18. The third kappa shape index (κ3) is 4.52. The summed E-state index contributed by atoms with van der Waals surface area (Å²) in [5.41, 5.74) is 2.27. The second-order valence-corrected chi connectivity index (χ2v) is 6.52. The molecule has 1 aliphatic rings. The molecule has 1 saturated carbocycles. The number of hydrogen-bond donors (Lipinski definition) is 2. The van der Waals surface area contributed by atoms with Crippen molar-refractivity contribution in [3.05, 3.63) is 35.4 Å². The van der Waals surface area contributed by atoms with E-state index in [0.29, 0.717) is 24.1 Å². The van der Waals surface area contributed by atoms with Gasteiger partial charge in [0.15, 0.2) is 0 Å². The van der Waals surface area contributed by atoms with Crippen LogP contribution in [0, 0.1) is 6.92 Å². The summed E-state index contributed by atoms with van der Waals surface area (Å²) in [6, 6.07) is 8.56. The third-order valence-corrected chi connectivity index (χ3v) is 4.57. The van der Waals surface area contributed by atoms with Gasteiger partial charge in [-0.05, 0) is 30.9 Å². The van der Waals surface area contributed by atoms with Gasteiger partial charge in [-0.1, -0.05) is 24.3 Å². The lowest BCUT2D eigenvalue weighted by atomic mass is 10.1. The predicted molar refractivity (Wildman–Crippen MR) is 74.9 cm³/mol. The van der Waals surface area contributed by atoms with Crippen LogP contribution in [0.5, 0.6) is 0 Å². The van der Waals surface area contributed by atoms with Crippen molar-refractivity contribution >= 4 is 10.8 Å². The van der Waals surface area contributed by atoms with Crippen molar-refractivity contribution in [1.29, 1.82) is 0 Å². The molecular weight excluding hydrogens is 246 g/mol. The first-order valence-corrected chi connectivity index (χ1v) is 7.95. The normalized spacial score (nSPS) is 18.6. The molecule has 1 fully saturated rings. The summed E-state index contributed by atoms with van der Waals surface area (Å²) < 4.78 is 12.0. The van der Waals surface area contributed by atoms with Gasteiger partial charge in [-0.2, -0.15) is 0 Å². The molecule has 0 aliphatic heterocycles. The summed E-state index contributed by atoms with van der Waals surface area (Å²) in [5.74, 6) is 0.890. The van der Waals surface area contributed by atoms with E-state index in [9.17, 15) is 9.32 Å². The fraction of sp³-hybridized carbons (Fsp3) is 0.571. The van der Waals surface area contributed by atoms with Gasteiger partial charge in [-0.3, -0.25) is 4.21 Å². The van der Waals surface area contributed by atoms with Crippen LogP contribution >= 0.6 is 0 Å². The van der Waals surface area contributed by atoms with Gasteiger partial charge in [0.2, 0.25) is 0 Å². The molecule has 1 aromatic carbocycles. The van der Waals surface area contributed by atoms with Gasteiger partial charge in [-0.15, -0.1) is 0 Å². The van der Waals surface area contributed by atoms with Crippen LogP contribution in [0.4, 0.5) is 0 Å². The molecule has 0 amide bonds. The van der Waals surface area contributed by atoms with Crippen LogP contribution in [0.25, 0.3) is 0 Å². The van der Waals surface area contributed by atoms with Crippen LogP contribution in [0.3, 0.4) is 0 Å². The van der Waals surface area contributed by atoms with E-state index in [1.165, 1.54) is 12.8 Å².